The molecule has 1 aliphatic rings. The maximum atomic E-state index is 13.1. The normalized spacial score (nSPS) is 20.8. The van der Waals surface area contributed by atoms with Crippen molar-refractivity contribution in [2.24, 2.45) is 0 Å². The Labute approximate surface area is 104 Å². The summed E-state index contributed by atoms with van der Waals surface area (Å²) in [5.74, 6) is -0.715. The van der Waals surface area contributed by atoms with Crippen LogP contribution in [0.1, 0.15) is 12.0 Å². The molecule has 1 aromatic carbocycles. The molecule has 2 rings (SSSR count). The molecule has 18 heavy (non-hydrogen) atoms. The molecule has 0 bridgehead atoms. The predicted octanol–water partition coefficient (Wildman–Crippen LogP) is 0.453. The van der Waals surface area contributed by atoms with E-state index in [4.69, 9.17) is 5.26 Å². The monoisotopic (exact) mass is 270 g/mol. The maximum absolute atomic E-state index is 13.1. The van der Waals surface area contributed by atoms with Gasteiger partial charge in [0.2, 0.25) is 10.0 Å². The summed E-state index contributed by atoms with van der Waals surface area (Å²) < 4.78 is 38.6. The van der Waals surface area contributed by atoms with Gasteiger partial charge in [0.05, 0.1) is 11.7 Å². The highest BCUT2D eigenvalue weighted by molar-refractivity contribution is 7.89. The molecule has 0 amide bonds. The number of aliphatic hydroxyl groups excluding tert-OH is 1. The van der Waals surface area contributed by atoms with Crippen molar-refractivity contribution in [3.8, 4) is 6.07 Å². The summed E-state index contributed by atoms with van der Waals surface area (Å²) in [6.45, 7) is 0.147. The Morgan fingerprint density at radius 1 is 1.50 bits per heavy atom. The lowest BCUT2D eigenvalue weighted by atomic mass is 10.2. The SMILES string of the molecule is N#Cc1ccc(F)cc1S(=O)(=O)N1CCC(O)C1. The van der Waals surface area contributed by atoms with Gasteiger partial charge in [0, 0.05) is 13.1 Å². The zero-order valence-electron chi connectivity index (χ0n) is 9.38. The van der Waals surface area contributed by atoms with Gasteiger partial charge in [-0.05, 0) is 24.6 Å². The van der Waals surface area contributed by atoms with Crippen molar-refractivity contribution < 1.29 is 17.9 Å². The van der Waals surface area contributed by atoms with Crippen LogP contribution in [0.4, 0.5) is 4.39 Å². The van der Waals surface area contributed by atoms with Gasteiger partial charge in [-0.25, -0.2) is 12.8 Å². The van der Waals surface area contributed by atoms with E-state index in [1.807, 2.05) is 0 Å². The van der Waals surface area contributed by atoms with Crippen LogP contribution in [-0.4, -0.2) is 37.0 Å². The number of hydrogen-bond donors (Lipinski definition) is 1. The van der Waals surface area contributed by atoms with Gasteiger partial charge in [-0.3, -0.25) is 0 Å². The zero-order valence-corrected chi connectivity index (χ0v) is 10.2. The van der Waals surface area contributed by atoms with Crippen molar-refractivity contribution in [1.82, 2.24) is 4.31 Å². The summed E-state index contributed by atoms with van der Waals surface area (Å²) in [4.78, 5) is -0.348. The van der Waals surface area contributed by atoms with Gasteiger partial charge in [-0.1, -0.05) is 0 Å². The molecular formula is C11H11FN2O3S. The molecule has 96 valence electrons. The molecule has 1 saturated heterocycles. The average molecular weight is 270 g/mol. The number of benzene rings is 1. The predicted molar refractivity (Wildman–Crippen MR) is 60.5 cm³/mol. The Balaban J connectivity index is 2.48. The average Bonchev–Trinajstić information content (AvgIpc) is 2.76. The number of hydrogen-bond acceptors (Lipinski definition) is 4. The summed E-state index contributed by atoms with van der Waals surface area (Å²) in [5, 5.41) is 18.2. The Kier molecular flexibility index (Phi) is 3.34. The molecule has 1 heterocycles. The van der Waals surface area contributed by atoms with Gasteiger partial charge in [-0.15, -0.1) is 0 Å². The highest BCUT2D eigenvalue weighted by Gasteiger charge is 2.33. The first-order valence-corrected chi connectivity index (χ1v) is 6.77. The highest BCUT2D eigenvalue weighted by Crippen LogP contribution is 2.24. The molecule has 0 spiro atoms. The second kappa shape index (κ2) is 4.65. The van der Waals surface area contributed by atoms with Gasteiger partial charge in [0.1, 0.15) is 16.8 Å². The van der Waals surface area contributed by atoms with E-state index in [9.17, 15) is 17.9 Å². The van der Waals surface area contributed by atoms with E-state index in [2.05, 4.69) is 0 Å². The van der Waals surface area contributed by atoms with Crippen molar-refractivity contribution in [1.29, 1.82) is 5.26 Å². The van der Waals surface area contributed by atoms with E-state index < -0.39 is 21.9 Å². The Hall–Kier alpha value is -1.49. The summed E-state index contributed by atoms with van der Waals surface area (Å²) in [7, 11) is -3.93. The molecule has 0 radical (unpaired) electrons. The maximum Gasteiger partial charge on any atom is 0.244 e. The van der Waals surface area contributed by atoms with Crippen LogP contribution < -0.4 is 0 Å². The van der Waals surface area contributed by atoms with E-state index in [1.165, 1.54) is 0 Å². The lowest BCUT2D eigenvalue weighted by Crippen LogP contribution is -2.30. The third-order valence-corrected chi connectivity index (χ3v) is 4.71. The second-order valence-electron chi connectivity index (χ2n) is 4.06. The third kappa shape index (κ3) is 2.22. The van der Waals surface area contributed by atoms with Gasteiger partial charge in [-0.2, -0.15) is 9.57 Å². The summed E-state index contributed by atoms with van der Waals surface area (Å²) in [5.41, 5.74) is -0.0993. The molecule has 0 aromatic heterocycles. The van der Waals surface area contributed by atoms with Crippen molar-refractivity contribution in [2.45, 2.75) is 17.4 Å². The molecule has 5 nitrogen and oxygen atoms in total. The Morgan fingerprint density at radius 2 is 2.22 bits per heavy atom. The number of aliphatic hydroxyl groups is 1. The van der Waals surface area contributed by atoms with Crippen LogP contribution in [0.25, 0.3) is 0 Å². The molecule has 0 saturated carbocycles. The largest absolute Gasteiger partial charge is 0.392 e. The molecule has 1 N–H and O–H groups in total. The molecule has 1 aliphatic heterocycles. The number of halogens is 1. The molecule has 1 fully saturated rings. The van der Waals surface area contributed by atoms with Crippen molar-refractivity contribution in [3.05, 3.63) is 29.6 Å². The van der Waals surface area contributed by atoms with Gasteiger partial charge in [0.25, 0.3) is 0 Å². The molecule has 1 atom stereocenters. The third-order valence-electron chi connectivity index (χ3n) is 2.81. The van der Waals surface area contributed by atoms with Gasteiger partial charge >= 0.3 is 0 Å². The fraction of sp³-hybridized carbons (Fsp3) is 0.364. The van der Waals surface area contributed by atoms with Gasteiger partial charge < -0.3 is 5.11 Å². The first-order valence-electron chi connectivity index (χ1n) is 5.33. The van der Waals surface area contributed by atoms with Crippen LogP contribution in [0.3, 0.4) is 0 Å². The van der Waals surface area contributed by atoms with Crippen LogP contribution in [0.2, 0.25) is 0 Å². The van der Waals surface area contributed by atoms with E-state index in [-0.39, 0.29) is 23.5 Å². The standard InChI is InChI=1S/C11H11FN2O3S/c12-9-2-1-8(6-13)11(5-9)18(16,17)14-4-3-10(15)7-14/h1-2,5,10,15H,3-4,7H2. The second-order valence-corrected chi connectivity index (χ2v) is 5.96. The molecule has 1 unspecified atom stereocenters. The van der Waals surface area contributed by atoms with Crippen molar-refractivity contribution in [3.63, 3.8) is 0 Å². The zero-order chi connectivity index (χ0) is 13.3. The number of nitriles is 1. The van der Waals surface area contributed by atoms with Crippen LogP contribution in [0.15, 0.2) is 23.1 Å². The minimum atomic E-state index is -3.93. The lowest BCUT2D eigenvalue weighted by molar-refractivity contribution is 0.189. The summed E-state index contributed by atoms with van der Waals surface area (Å²) in [6.07, 6.45) is -0.366. The van der Waals surface area contributed by atoms with Crippen molar-refractivity contribution >= 4 is 10.0 Å². The summed E-state index contributed by atoms with van der Waals surface area (Å²) in [6, 6.07) is 4.73. The molecule has 7 heteroatoms. The quantitative estimate of drug-likeness (QED) is 0.846. The molecule has 0 aliphatic carbocycles. The highest BCUT2D eigenvalue weighted by atomic mass is 32.2. The van der Waals surface area contributed by atoms with Crippen LogP contribution >= 0.6 is 0 Å². The van der Waals surface area contributed by atoms with Crippen LogP contribution in [0.5, 0.6) is 0 Å². The smallest absolute Gasteiger partial charge is 0.244 e. The topological polar surface area (TPSA) is 81.4 Å². The number of sulfonamides is 1. The lowest BCUT2D eigenvalue weighted by Gasteiger charge is -2.16. The van der Waals surface area contributed by atoms with Gasteiger partial charge in [0.15, 0.2) is 0 Å². The first-order chi connectivity index (χ1) is 8.45. The van der Waals surface area contributed by atoms with E-state index >= 15 is 0 Å². The van der Waals surface area contributed by atoms with E-state index in [1.54, 1.807) is 6.07 Å². The number of β-amino-alcohol motifs (C(OH)–C–C–N with tert-alkyl or cyclic N) is 1. The van der Waals surface area contributed by atoms with E-state index in [0.717, 1.165) is 22.5 Å². The minimum absolute atomic E-state index is 0.0241. The van der Waals surface area contributed by atoms with E-state index in [0.29, 0.717) is 6.42 Å². The van der Waals surface area contributed by atoms with Crippen LogP contribution in [-0.2, 0) is 10.0 Å². The molecular weight excluding hydrogens is 259 g/mol. The summed E-state index contributed by atoms with van der Waals surface area (Å²) >= 11 is 0. The fourth-order valence-electron chi connectivity index (χ4n) is 1.87. The first kappa shape index (κ1) is 13.0. The number of nitrogens with zero attached hydrogens (tertiary/aromatic N) is 2. The molecule has 1 aromatic rings. The number of rotatable bonds is 2. The minimum Gasteiger partial charge on any atom is -0.392 e. The fourth-order valence-corrected chi connectivity index (χ4v) is 3.52. The Morgan fingerprint density at radius 3 is 2.78 bits per heavy atom. The Bertz CT molecular complexity index is 609. The van der Waals surface area contributed by atoms with Crippen LogP contribution in [0, 0.1) is 17.1 Å². The van der Waals surface area contributed by atoms with Crippen molar-refractivity contribution in [2.75, 3.05) is 13.1 Å².